The Morgan fingerprint density at radius 3 is 2.30 bits per heavy atom. The summed E-state index contributed by atoms with van der Waals surface area (Å²) in [7, 11) is -3.42. The van der Waals surface area contributed by atoms with Crippen molar-refractivity contribution in [3.8, 4) is 5.75 Å². The highest BCUT2D eigenvalue weighted by Gasteiger charge is 2.31. The van der Waals surface area contributed by atoms with E-state index in [1.54, 1.807) is 0 Å². The van der Waals surface area contributed by atoms with Crippen molar-refractivity contribution in [2.75, 3.05) is 6.26 Å². The topological polar surface area (TPSA) is 54.4 Å². The van der Waals surface area contributed by atoms with Gasteiger partial charge in [0.05, 0.1) is 10.5 Å². The molecule has 0 heterocycles. The van der Waals surface area contributed by atoms with E-state index in [-0.39, 0.29) is 21.9 Å². The third-order valence-corrected chi connectivity index (χ3v) is 4.61. The maximum atomic E-state index is 12.7. The SMILES string of the molecule is CS(=O)(=O)c1ccc(Cc2cc(O)cc(C(F)(F)F)c2)c(Cl)c1. The Balaban J connectivity index is 2.38. The van der Waals surface area contributed by atoms with E-state index < -0.39 is 27.3 Å². The summed E-state index contributed by atoms with van der Waals surface area (Å²) in [6, 6.07) is 6.79. The summed E-state index contributed by atoms with van der Waals surface area (Å²) in [5, 5.41) is 9.57. The first-order chi connectivity index (χ1) is 10.5. The van der Waals surface area contributed by atoms with E-state index in [1.165, 1.54) is 24.3 Å². The van der Waals surface area contributed by atoms with Crippen LogP contribution in [0.1, 0.15) is 16.7 Å². The lowest BCUT2D eigenvalue weighted by Gasteiger charge is -2.11. The zero-order valence-corrected chi connectivity index (χ0v) is 13.4. The van der Waals surface area contributed by atoms with Crippen molar-refractivity contribution < 1.29 is 26.7 Å². The fraction of sp³-hybridized carbons (Fsp3) is 0.200. The van der Waals surface area contributed by atoms with Crippen molar-refractivity contribution in [2.24, 2.45) is 0 Å². The van der Waals surface area contributed by atoms with Gasteiger partial charge in [0.15, 0.2) is 9.84 Å². The lowest BCUT2D eigenvalue weighted by atomic mass is 10.0. The second-order valence-corrected chi connectivity index (χ2v) is 7.51. The van der Waals surface area contributed by atoms with E-state index in [9.17, 15) is 26.7 Å². The number of sulfone groups is 1. The first kappa shape index (κ1) is 17.6. The second-order valence-electron chi connectivity index (χ2n) is 5.09. The van der Waals surface area contributed by atoms with Crippen molar-refractivity contribution >= 4 is 21.4 Å². The molecular formula is C15H12ClF3O3S. The van der Waals surface area contributed by atoms with Crippen LogP contribution in [0.2, 0.25) is 5.02 Å². The molecule has 3 nitrogen and oxygen atoms in total. The van der Waals surface area contributed by atoms with Crippen LogP contribution in [0.25, 0.3) is 0 Å². The molecule has 1 N–H and O–H groups in total. The highest BCUT2D eigenvalue weighted by molar-refractivity contribution is 7.90. The molecule has 0 bridgehead atoms. The Labute approximate surface area is 136 Å². The Kier molecular flexibility index (Phi) is 4.64. The van der Waals surface area contributed by atoms with E-state index in [0.29, 0.717) is 11.6 Å². The monoisotopic (exact) mass is 364 g/mol. The molecular weight excluding hydrogens is 353 g/mol. The minimum absolute atomic E-state index is 0.0261. The number of hydrogen-bond acceptors (Lipinski definition) is 3. The number of benzene rings is 2. The number of phenols is 1. The summed E-state index contributed by atoms with van der Waals surface area (Å²) in [5.41, 5.74) is -0.291. The zero-order valence-electron chi connectivity index (χ0n) is 11.9. The number of aromatic hydroxyl groups is 1. The van der Waals surface area contributed by atoms with E-state index in [0.717, 1.165) is 12.3 Å². The van der Waals surface area contributed by atoms with Gasteiger partial charge >= 0.3 is 6.18 Å². The van der Waals surface area contributed by atoms with E-state index in [2.05, 4.69) is 0 Å². The van der Waals surface area contributed by atoms with Crippen LogP contribution in [0.3, 0.4) is 0 Å². The Morgan fingerprint density at radius 1 is 1.13 bits per heavy atom. The maximum absolute atomic E-state index is 12.7. The van der Waals surface area contributed by atoms with Gasteiger partial charge < -0.3 is 5.11 Å². The number of rotatable bonds is 3. The van der Waals surface area contributed by atoms with Gasteiger partial charge in [-0.3, -0.25) is 0 Å². The standard InChI is InChI=1S/C15H12ClF3O3S/c1-23(21,22)13-3-2-10(14(16)8-13)4-9-5-11(15(17,18)19)7-12(20)6-9/h2-3,5-8,20H,4H2,1H3. The maximum Gasteiger partial charge on any atom is 0.416 e. The van der Waals surface area contributed by atoms with Gasteiger partial charge in [0, 0.05) is 11.3 Å². The van der Waals surface area contributed by atoms with Crippen molar-refractivity contribution in [1.82, 2.24) is 0 Å². The minimum Gasteiger partial charge on any atom is -0.508 e. The summed E-state index contributed by atoms with van der Waals surface area (Å²) >= 11 is 6.01. The van der Waals surface area contributed by atoms with Crippen molar-refractivity contribution in [3.63, 3.8) is 0 Å². The van der Waals surface area contributed by atoms with Gasteiger partial charge in [-0.25, -0.2) is 8.42 Å². The summed E-state index contributed by atoms with van der Waals surface area (Å²) in [5.74, 6) is -0.501. The Morgan fingerprint density at radius 2 is 1.78 bits per heavy atom. The number of halogens is 4. The third-order valence-electron chi connectivity index (χ3n) is 3.15. The molecule has 0 saturated carbocycles. The molecule has 0 spiro atoms. The fourth-order valence-corrected chi connectivity index (χ4v) is 3.02. The molecule has 0 aliphatic rings. The average molecular weight is 365 g/mol. The zero-order chi connectivity index (χ0) is 17.4. The highest BCUT2D eigenvalue weighted by atomic mass is 35.5. The van der Waals surface area contributed by atoms with Crippen LogP contribution in [0.4, 0.5) is 13.2 Å². The van der Waals surface area contributed by atoms with E-state index in [4.69, 9.17) is 11.6 Å². The van der Waals surface area contributed by atoms with Crippen LogP contribution >= 0.6 is 11.6 Å². The normalized spacial score (nSPS) is 12.4. The quantitative estimate of drug-likeness (QED) is 0.893. The molecule has 2 aromatic carbocycles. The van der Waals surface area contributed by atoms with Gasteiger partial charge in [-0.1, -0.05) is 17.7 Å². The molecule has 0 saturated heterocycles. The van der Waals surface area contributed by atoms with Gasteiger partial charge in [-0.15, -0.1) is 0 Å². The Hall–Kier alpha value is -1.73. The van der Waals surface area contributed by atoms with Crippen LogP contribution in [0.15, 0.2) is 41.3 Å². The molecule has 0 fully saturated rings. The van der Waals surface area contributed by atoms with Crippen molar-refractivity contribution in [3.05, 3.63) is 58.1 Å². The van der Waals surface area contributed by atoms with Crippen LogP contribution < -0.4 is 0 Å². The average Bonchev–Trinajstić information content (AvgIpc) is 2.38. The summed E-state index contributed by atoms with van der Waals surface area (Å²) in [6.45, 7) is 0. The predicted molar refractivity (Wildman–Crippen MR) is 80.5 cm³/mol. The molecule has 2 aromatic rings. The molecule has 23 heavy (non-hydrogen) atoms. The number of alkyl halides is 3. The molecule has 0 aliphatic heterocycles. The molecule has 0 amide bonds. The first-order valence-corrected chi connectivity index (χ1v) is 8.62. The van der Waals surface area contributed by atoms with E-state index in [1.807, 2.05) is 0 Å². The van der Waals surface area contributed by atoms with Gasteiger partial charge in [-0.05, 0) is 47.9 Å². The van der Waals surface area contributed by atoms with Crippen molar-refractivity contribution in [1.29, 1.82) is 0 Å². The molecule has 8 heteroatoms. The van der Waals surface area contributed by atoms with Gasteiger partial charge in [-0.2, -0.15) is 13.2 Å². The minimum atomic E-state index is -4.57. The van der Waals surface area contributed by atoms with Crippen LogP contribution in [0.5, 0.6) is 5.75 Å². The van der Waals surface area contributed by atoms with Gasteiger partial charge in [0.2, 0.25) is 0 Å². The number of hydrogen-bond donors (Lipinski definition) is 1. The highest BCUT2D eigenvalue weighted by Crippen LogP contribution is 2.33. The first-order valence-electron chi connectivity index (χ1n) is 6.35. The molecule has 0 aromatic heterocycles. The summed E-state index contributed by atoms with van der Waals surface area (Å²) in [4.78, 5) is 0.0261. The lowest BCUT2D eigenvalue weighted by molar-refractivity contribution is -0.137. The van der Waals surface area contributed by atoms with Gasteiger partial charge in [0.25, 0.3) is 0 Å². The lowest BCUT2D eigenvalue weighted by Crippen LogP contribution is -2.05. The molecule has 0 radical (unpaired) electrons. The molecule has 0 aliphatic carbocycles. The van der Waals surface area contributed by atoms with Crippen LogP contribution in [-0.2, 0) is 22.4 Å². The molecule has 0 atom stereocenters. The van der Waals surface area contributed by atoms with Gasteiger partial charge in [0.1, 0.15) is 5.75 Å². The van der Waals surface area contributed by atoms with Crippen molar-refractivity contribution in [2.45, 2.75) is 17.5 Å². The third kappa shape index (κ3) is 4.39. The Bertz CT molecular complexity index is 846. The fourth-order valence-electron chi connectivity index (χ4n) is 2.06. The summed E-state index contributed by atoms with van der Waals surface area (Å²) < 4.78 is 61.1. The second kappa shape index (κ2) is 6.05. The molecule has 124 valence electrons. The van der Waals surface area contributed by atoms with Crippen LogP contribution in [-0.4, -0.2) is 19.8 Å². The summed E-state index contributed by atoms with van der Waals surface area (Å²) in [6.07, 6.45) is -3.51. The number of phenolic OH excluding ortho intramolecular Hbond substituents is 1. The predicted octanol–water partition coefficient (Wildman–Crippen LogP) is 4.06. The molecule has 0 unspecified atom stereocenters. The largest absolute Gasteiger partial charge is 0.508 e. The van der Waals surface area contributed by atoms with E-state index >= 15 is 0 Å². The smallest absolute Gasteiger partial charge is 0.416 e. The van der Waals surface area contributed by atoms with Crippen LogP contribution in [0, 0.1) is 0 Å². The molecule has 2 rings (SSSR count).